The molecule has 0 N–H and O–H groups in total. The summed E-state index contributed by atoms with van der Waals surface area (Å²) < 4.78 is 5.62. The molecule has 0 aliphatic rings. The van der Waals surface area contributed by atoms with Gasteiger partial charge in [-0.25, -0.2) is 4.98 Å². The van der Waals surface area contributed by atoms with Gasteiger partial charge in [0.05, 0.1) is 3.57 Å². The summed E-state index contributed by atoms with van der Waals surface area (Å²) in [5.41, 5.74) is 0. The van der Waals surface area contributed by atoms with Crippen LogP contribution in [0, 0.1) is 3.57 Å². The van der Waals surface area contributed by atoms with E-state index in [1.54, 1.807) is 12.3 Å². The fourth-order valence-corrected chi connectivity index (χ4v) is 1.04. The topological polar surface area (TPSA) is 39.2 Å². The molecule has 1 aromatic rings. The van der Waals surface area contributed by atoms with Gasteiger partial charge in [-0.1, -0.05) is 0 Å². The van der Waals surface area contributed by atoms with Gasteiger partial charge in [-0.15, -0.1) is 0 Å². The molecule has 58 valence electrons. The molecular formula is C7H6INO2. The summed E-state index contributed by atoms with van der Waals surface area (Å²) in [5.74, 6) is 0.0298. The van der Waals surface area contributed by atoms with Crippen molar-refractivity contribution >= 4 is 28.6 Å². The maximum absolute atomic E-state index is 10.5. The molecule has 3 nitrogen and oxygen atoms in total. The number of nitrogens with zero attached hydrogens (tertiary/aromatic N) is 1. The summed E-state index contributed by atoms with van der Waals surface area (Å²) in [5, 5.41) is 0. The summed E-state index contributed by atoms with van der Waals surface area (Å²) >= 11 is 2.05. The third-order valence-electron chi connectivity index (χ3n) is 0.965. The Hall–Kier alpha value is -0.650. The predicted molar refractivity (Wildman–Crippen MR) is 48.3 cm³/mol. The number of esters is 1. The lowest BCUT2D eigenvalue weighted by atomic mass is 10.5. The monoisotopic (exact) mass is 263 g/mol. The third kappa shape index (κ3) is 2.45. The Kier molecular flexibility index (Phi) is 2.81. The van der Waals surface area contributed by atoms with E-state index >= 15 is 0 Å². The van der Waals surface area contributed by atoms with Crippen LogP contribution in [0.5, 0.6) is 5.88 Å². The molecule has 11 heavy (non-hydrogen) atoms. The van der Waals surface area contributed by atoms with Crippen LogP contribution in [-0.2, 0) is 4.79 Å². The number of pyridine rings is 1. The molecule has 0 radical (unpaired) electrons. The zero-order valence-electron chi connectivity index (χ0n) is 5.87. The minimum Gasteiger partial charge on any atom is -0.406 e. The first kappa shape index (κ1) is 8.45. The molecule has 0 saturated carbocycles. The van der Waals surface area contributed by atoms with Crippen LogP contribution in [0.15, 0.2) is 18.3 Å². The Morgan fingerprint density at radius 3 is 3.00 bits per heavy atom. The minimum atomic E-state index is -0.346. The first-order chi connectivity index (χ1) is 5.20. The van der Waals surface area contributed by atoms with Crippen LogP contribution in [0.1, 0.15) is 6.92 Å². The van der Waals surface area contributed by atoms with Crippen molar-refractivity contribution in [1.29, 1.82) is 0 Å². The highest BCUT2D eigenvalue weighted by atomic mass is 127. The fraction of sp³-hybridized carbons (Fsp3) is 0.143. The number of ether oxygens (including phenoxy) is 1. The SMILES string of the molecule is CC(=O)Oc1ncccc1I. The molecule has 0 aliphatic carbocycles. The van der Waals surface area contributed by atoms with Crippen LogP contribution in [0.3, 0.4) is 0 Å². The van der Waals surface area contributed by atoms with E-state index in [9.17, 15) is 4.79 Å². The van der Waals surface area contributed by atoms with E-state index in [4.69, 9.17) is 4.74 Å². The van der Waals surface area contributed by atoms with Crippen LogP contribution in [0.25, 0.3) is 0 Å². The molecule has 1 heterocycles. The summed E-state index contributed by atoms with van der Waals surface area (Å²) in [4.78, 5) is 14.4. The van der Waals surface area contributed by atoms with Crippen molar-refractivity contribution in [3.05, 3.63) is 21.9 Å². The molecule has 0 aromatic carbocycles. The van der Waals surface area contributed by atoms with Crippen LogP contribution >= 0.6 is 22.6 Å². The zero-order valence-corrected chi connectivity index (χ0v) is 8.03. The zero-order chi connectivity index (χ0) is 8.27. The summed E-state index contributed by atoms with van der Waals surface area (Å²) in [6, 6.07) is 3.61. The molecule has 0 amide bonds. The second-order valence-corrected chi connectivity index (χ2v) is 3.05. The third-order valence-corrected chi connectivity index (χ3v) is 1.79. The van der Waals surface area contributed by atoms with Crippen molar-refractivity contribution in [2.24, 2.45) is 0 Å². The van der Waals surface area contributed by atoms with Gasteiger partial charge in [-0.3, -0.25) is 4.79 Å². The largest absolute Gasteiger partial charge is 0.406 e. The molecule has 1 rings (SSSR count). The summed E-state index contributed by atoms with van der Waals surface area (Å²) in [7, 11) is 0. The van der Waals surface area contributed by atoms with Gasteiger partial charge in [-0.2, -0.15) is 0 Å². The average molecular weight is 263 g/mol. The van der Waals surface area contributed by atoms with E-state index in [2.05, 4.69) is 27.6 Å². The van der Waals surface area contributed by atoms with Gasteiger partial charge in [0.25, 0.3) is 0 Å². The normalized spacial score (nSPS) is 9.27. The van der Waals surface area contributed by atoms with Gasteiger partial charge < -0.3 is 4.74 Å². The standard InChI is InChI=1S/C7H6INO2/c1-5(10)11-7-6(8)3-2-4-9-7/h2-4H,1H3. The number of hydrogen-bond acceptors (Lipinski definition) is 3. The molecule has 0 bridgehead atoms. The van der Waals surface area contributed by atoms with Crippen molar-refractivity contribution in [1.82, 2.24) is 4.98 Å². The van der Waals surface area contributed by atoms with Gasteiger partial charge in [0.1, 0.15) is 0 Å². The Morgan fingerprint density at radius 1 is 1.73 bits per heavy atom. The molecule has 0 unspecified atom stereocenters. The number of carbonyl (C=O) groups excluding carboxylic acids is 1. The lowest BCUT2D eigenvalue weighted by Gasteiger charge is -1.99. The molecule has 0 aliphatic heterocycles. The number of aromatic nitrogens is 1. The lowest BCUT2D eigenvalue weighted by molar-refractivity contribution is -0.132. The Bertz CT molecular complexity index is 275. The molecule has 0 spiro atoms. The molecule has 0 atom stereocenters. The predicted octanol–water partition coefficient (Wildman–Crippen LogP) is 1.61. The van der Waals surface area contributed by atoms with E-state index in [1.807, 2.05) is 6.07 Å². The molecule has 0 fully saturated rings. The molecule has 4 heteroatoms. The van der Waals surface area contributed by atoms with Gasteiger partial charge in [0.15, 0.2) is 0 Å². The van der Waals surface area contributed by atoms with Crippen LogP contribution in [0.4, 0.5) is 0 Å². The van der Waals surface area contributed by atoms with Crippen LogP contribution in [-0.4, -0.2) is 11.0 Å². The Morgan fingerprint density at radius 2 is 2.45 bits per heavy atom. The van der Waals surface area contributed by atoms with E-state index < -0.39 is 0 Å². The van der Waals surface area contributed by atoms with E-state index in [-0.39, 0.29) is 5.97 Å². The van der Waals surface area contributed by atoms with E-state index in [0.717, 1.165) is 3.57 Å². The van der Waals surface area contributed by atoms with Crippen molar-refractivity contribution in [2.45, 2.75) is 6.92 Å². The van der Waals surface area contributed by atoms with Gasteiger partial charge in [-0.05, 0) is 34.7 Å². The van der Waals surface area contributed by atoms with Gasteiger partial charge in [0.2, 0.25) is 5.88 Å². The highest BCUT2D eigenvalue weighted by Gasteiger charge is 2.02. The van der Waals surface area contributed by atoms with Crippen molar-refractivity contribution in [3.8, 4) is 5.88 Å². The summed E-state index contributed by atoms with van der Waals surface area (Å²) in [6.07, 6.45) is 1.58. The first-order valence-electron chi connectivity index (χ1n) is 2.99. The van der Waals surface area contributed by atoms with E-state index in [1.165, 1.54) is 6.92 Å². The summed E-state index contributed by atoms with van der Waals surface area (Å²) in [6.45, 7) is 1.35. The fourth-order valence-electron chi connectivity index (χ4n) is 0.582. The van der Waals surface area contributed by atoms with E-state index in [0.29, 0.717) is 5.88 Å². The first-order valence-corrected chi connectivity index (χ1v) is 4.07. The number of rotatable bonds is 1. The maximum Gasteiger partial charge on any atom is 0.309 e. The van der Waals surface area contributed by atoms with Crippen LogP contribution in [0.2, 0.25) is 0 Å². The Balaban J connectivity index is 2.86. The Labute approximate surface area is 77.9 Å². The minimum absolute atomic E-state index is 0.346. The highest BCUT2D eigenvalue weighted by Crippen LogP contribution is 2.15. The maximum atomic E-state index is 10.5. The van der Waals surface area contributed by atoms with Crippen molar-refractivity contribution < 1.29 is 9.53 Å². The quantitative estimate of drug-likeness (QED) is 0.570. The second-order valence-electron chi connectivity index (χ2n) is 1.88. The number of hydrogen-bond donors (Lipinski definition) is 0. The highest BCUT2D eigenvalue weighted by molar-refractivity contribution is 14.1. The van der Waals surface area contributed by atoms with Gasteiger partial charge in [0, 0.05) is 13.1 Å². The smallest absolute Gasteiger partial charge is 0.309 e. The molecular weight excluding hydrogens is 257 g/mol. The number of halogens is 1. The molecule has 1 aromatic heterocycles. The van der Waals surface area contributed by atoms with Crippen molar-refractivity contribution in [3.63, 3.8) is 0 Å². The van der Waals surface area contributed by atoms with Gasteiger partial charge >= 0.3 is 5.97 Å². The van der Waals surface area contributed by atoms with Crippen molar-refractivity contribution in [2.75, 3.05) is 0 Å². The second kappa shape index (κ2) is 3.66. The number of carbonyl (C=O) groups is 1. The molecule has 0 saturated heterocycles. The van der Waals surface area contributed by atoms with Crippen LogP contribution < -0.4 is 4.74 Å². The average Bonchev–Trinajstić information content (AvgIpc) is 1.93. The lowest BCUT2D eigenvalue weighted by Crippen LogP contribution is -2.03.